The highest BCUT2D eigenvalue weighted by atomic mass is 16.5. The molecule has 3 aromatic rings. The highest BCUT2D eigenvalue weighted by molar-refractivity contribution is 5.82. The monoisotopic (exact) mass is 537 g/mol. The van der Waals surface area contributed by atoms with Gasteiger partial charge in [-0.2, -0.15) is 0 Å². The van der Waals surface area contributed by atoms with E-state index in [4.69, 9.17) is 4.74 Å². The van der Waals surface area contributed by atoms with Crippen LogP contribution in [-0.2, 0) is 22.1 Å². The minimum atomic E-state index is -0.0210. The van der Waals surface area contributed by atoms with Crippen LogP contribution in [0.25, 0.3) is 10.9 Å². The van der Waals surface area contributed by atoms with Gasteiger partial charge in [-0.15, -0.1) is 13.2 Å². The number of quaternary nitrogens is 1. The van der Waals surface area contributed by atoms with Crippen LogP contribution in [0, 0.1) is 11.8 Å². The standard InChI is InChI=1S/C37H49N2O/c1-9-19-40-35(32-15-17-38-33-14-12-11-13-31(32)33)34-22-28-16-18-39(34,25-27(28)10-2)24-26-20-29(36(3,4)5)23-30(21-26)37(6,7)8/h9-15,17,20-21,23,27-28,34-35H,1-2,16,18-19,22,24-25H2,3-8H3/q+1/t27-,28-,34+,35-,39+/m0/s1. The number of benzene rings is 2. The van der Waals surface area contributed by atoms with E-state index in [0.29, 0.717) is 24.5 Å². The van der Waals surface area contributed by atoms with Crippen molar-refractivity contribution in [3.63, 3.8) is 0 Å². The zero-order chi connectivity index (χ0) is 28.7. The average Bonchev–Trinajstić information content (AvgIpc) is 2.92. The minimum absolute atomic E-state index is 0.0210. The Kier molecular flexibility index (Phi) is 7.85. The molecule has 3 aliphatic heterocycles. The smallest absolute Gasteiger partial charge is 0.135 e. The van der Waals surface area contributed by atoms with E-state index < -0.39 is 0 Å². The van der Waals surface area contributed by atoms with Crippen molar-refractivity contribution in [1.29, 1.82) is 0 Å². The minimum Gasteiger partial charge on any atom is -0.363 e. The number of piperidine rings is 3. The molecule has 0 saturated carbocycles. The summed E-state index contributed by atoms with van der Waals surface area (Å²) in [6.07, 6.45) is 8.47. The molecule has 3 aliphatic rings. The van der Waals surface area contributed by atoms with E-state index >= 15 is 0 Å². The lowest BCUT2D eigenvalue weighted by atomic mass is 9.70. The van der Waals surface area contributed by atoms with Crippen molar-refractivity contribution >= 4 is 10.9 Å². The molecule has 212 valence electrons. The normalized spacial score (nSPS) is 25.6. The van der Waals surface area contributed by atoms with Crippen LogP contribution in [0.1, 0.15) is 82.7 Å². The summed E-state index contributed by atoms with van der Waals surface area (Å²) in [6.45, 7) is 26.2. The third kappa shape index (κ3) is 5.56. The second kappa shape index (κ2) is 10.9. The lowest BCUT2D eigenvalue weighted by molar-refractivity contribution is -0.985. The second-order valence-corrected chi connectivity index (χ2v) is 14.4. The first-order valence-electron chi connectivity index (χ1n) is 15.1. The number of para-hydroxylation sites is 1. The van der Waals surface area contributed by atoms with Gasteiger partial charge in [-0.1, -0.05) is 78.0 Å². The second-order valence-electron chi connectivity index (χ2n) is 14.4. The summed E-state index contributed by atoms with van der Waals surface area (Å²) in [5.41, 5.74) is 6.79. The lowest BCUT2D eigenvalue weighted by Gasteiger charge is -2.58. The van der Waals surface area contributed by atoms with E-state index in [1.165, 1.54) is 40.6 Å². The average molecular weight is 538 g/mol. The molecule has 3 saturated heterocycles. The van der Waals surface area contributed by atoms with Gasteiger partial charge in [0.15, 0.2) is 0 Å². The van der Waals surface area contributed by atoms with Crippen LogP contribution in [0.2, 0.25) is 0 Å². The summed E-state index contributed by atoms with van der Waals surface area (Å²) in [5, 5.41) is 1.20. The summed E-state index contributed by atoms with van der Waals surface area (Å²) >= 11 is 0. The quantitative estimate of drug-likeness (QED) is 0.212. The number of rotatable bonds is 8. The Balaban J connectivity index is 1.64. The van der Waals surface area contributed by atoms with Gasteiger partial charge in [-0.3, -0.25) is 4.98 Å². The van der Waals surface area contributed by atoms with Gasteiger partial charge in [0.2, 0.25) is 0 Å². The van der Waals surface area contributed by atoms with Crippen molar-refractivity contribution in [3.05, 3.63) is 102 Å². The van der Waals surface area contributed by atoms with Crippen molar-refractivity contribution in [2.45, 2.75) is 83.9 Å². The first-order chi connectivity index (χ1) is 18.9. The van der Waals surface area contributed by atoms with Gasteiger partial charge in [0.05, 0.1) is 25.2 Å². The largest absolute Gasteiger partial charge is 0.363 e. The number of ether oxygens (including phenoxy) is 1. The fraction of sp³-hybridized carbons (Fsp3) is 0.486. The fourth-order valence-electron chi connectivity index (χ4n) is 7.32. The molecule has 4 heterocycles. The maximum absolute atomic E-state index is 6.78. The molecule has 0 unspecified atom stereocenters. The van der Waals surface area contributed by atoms with Crippen LogP contribution in [0.5, 0.6) is 0 Å². The van der Waals surface area contributed by atoms with Crippen LogP contribution in [0.3, 0.4) is 0 Å². The number of hydrogen-bond donors (Lipinski definition) is 0. The van der Waals surface area contributed by atoms with Gasteiger partial charge in [0.1, 0.15) is 18.7 Å². The van der Waals surface area contributed by atoms with Gasteiger partial charge in [0, 0.05) is 35.9 Å². The van der Waals surface area contributed by atoms with Crippen LogP contribution in [0.4, 0.5) is 0 Å². The van der Waals surface area contributed by atoms with Crippen molar-refractivity contribution < 1.29 is 9.22 Å². The van der Waals surface area contributed by atoms with Crippen molar-refractivity contribution in [2.24, 2.45) is 11.8 Å². The fourth-order valence-corrected chi connectivity index (χ4v) is 7.32. The Morgan fingerprint density at radius 2 is 1.70 bits per heavy atom. The van der Waals surface area contributed by atoms with Crippen molar-refractivity contribution in [1.82, 2.24) is 4.98 Å². The molecule has 6 rings (SSSR count). The molecule has 2 aromatic carbocycles. The lowest BCUT2D eigenvalue weighted by Crippen LogP contribution is -2.67. The molecule has 3 fully saturated rings. The molecule has 0 spiro atoms. The van der Waals surface area contributed by atoms with Crippen molar-refractivity contribution in [3.8, 4) is 0 Å². The van der Waals surface area contributed by atoms with Crippen LogP contribution < -0.4 is 0 Å². The highest BCUT2D eigenvalue weighted by Gasteiger charge is 2.54. The van der Waals surface area contributed by atoms with Crippen LogP contribution in [-0.4, -0.2) is 35.2 Å². The molecule has 0 N–H and O–H groups in total. The Hall–Kier alpha value is -2.75. The third-order valence-corrected chi connectivity index (χ3v) is 9.63. The van der Waals surface area contributed by atoms with Gasteiger partial charge < -0.3 is 9.22 Å². The molecular formula is C37H49N2O+. The Morgan fingerprint density at radius 3 is 2.35 bits per heavy atom. The SMILES string of the molecule is C=CCO[C@@H](c1ccnc2ccccc12)[C@H]1C[C@@H]2CC[N@@+]1(Cc1cc(C(C)(C)C)cc(C(C)(C)C)c1)C[C@@H]2C=C. The number of nitrogens with zero attached hydrogens (tertiary/aromatic N) is 2. The number of hydrogen-bond acceptors (Lipinski definition) is 2. The molecule has 3 heteroatoms. The number of pyridine rings is 1. The van der Waals surface area contributed by atoms with E-state index in [-0.39, 0.29) is 16.9 Å². The van der Waals surface area contributed by atoms with Gasteiger partial charge in [-0.25, -0.2) is 0 Å². The molecule has 0 amide bonds. The predicted octanol–water partition coefficient (Wildman–Crippen LogP) is 8.68. The van der Waals surface area contributed by atoms with Crippen LogP contribution >= 0.6 is 0 Å². The summed E-state index contributed by atoms with van der Waals surface area (Å²) in [7, 11) is 0. The molecule has 40 heavy (non-hydrogen) atoms. The zero-order valence-electron chi connectivity index (χ0n) is 25.6. The summed E-state index contributed by atoms with van der Waals surface area (Å²) < 4.78 is 7.82. The van der Waals surface area contributed by atoms with E-state index in [2.05, 4.69) is 114 Å². The van der Waals surface area contributed by atoms with Gasteiger partial charge >= 0.3 is 0 Å². The summed E-state index contributed by atoms with van der Waals surface area (Å²) in [5.74, 6) is 1.21. The predicted molar refractivity (Wildman–Crippen MR) is 168 cm³/mol. The van der Waals surface area contributed by atoms with E-state index in [9.17, 15) is 0 Å². The van der Waals surface area contributed by atoms with E-state index in [1.54, 1.807) is 0 Å². The summed E-state index contributed by atoms with van der Waals surface area (Å²) in [4.78, 5) is 4.68. The van der Waals surface area contributed by atoms with Gasteiger partial charge in [-0.05, 0) is 57.7 Å². The molecule has 3 nitrogen and oxygen atoms in total. The first-order valence-corrected chi connectivity index (χ1v) is 15.1. The maximum Gasteiger partial charge on any atom is 0.135 e. The van der Waals surface area contributed by atoms with Gasteiger partial charge in [0.25, 0.3) is 0 Å². The van der Waals surface area contributed by atoms with E-state index in [1.807, 2.05) is 12.3 Å². The summed E-state index contributed by atoms with van der Waals surface area (Å²) in [6, 6.07) is 18.5. The Morgan fingerprint density at radius 1 is 1.00 bits per heavy atom. The molecular weight excluding hydrogens is 488 g/mol. The van der Waals surface area contributed by atoms with E-state index in [0.717, 1.165) is 29.5 Å². The third-order valence-electron chi connectivity index (χ3n) is 9.63. The number of fused-ring (bicyclic) bond motifs is 4. The molecule has 2 bridgehead atoms. The molecule has 0 aliphatic carbocycles. The molecule has 5 atom stereocenters. The van der Waals surface area contributed by atoms with Crippen molar-refractivity contribution in [2.75, 3.05) is 19.7 Å². The Bertz CT molecular complexity index is 1340. The topological polar surface area (TPSA) is 22.1 Å². The molecule has 0 radical (unpaired) electrons. The first kappa shape index (κ1) is 28.8. The zero-order valence-corrected chi connectivity index (χ0v) is 25.6. The highest BCUT2D eigenvalue weighted by Crippen LogP contribution is 2.49. The number of aromatic nitrogens is 1. The maximum atomic E-state index is 6.78. The van der Waals surface area contributed by atoms with Crippen LogP contribution in [0.15, 0.2) is 80.0 Å². The molecule has 1 aromatic heterocycles. The Labute approximate surface area is 242 Å².